The molecule has 0 saturated carbocycles. The van der Waals surface area contributed by atoms with E-state index in [1.807, 2.05) is 0 Å². The molecule has 106 valence electrons. The van der Waals surface area contributed by atoms with Crippen LogP contribution in [0.5, 0.6) is 0 Å². The predicted octanol–water partition coefficient (Wildman–Crippen LogP) is 0.447. The number of hydrogen-bond acceptors (Lipinski definition) is 5. The number of rotatable bonds is 3. The van der Waals surface area contributed by atoms with Crippen molar-refractivity contribution in [1.82, 2.24) is 14.3 Å². The number of fused-ring (bicyclic) bond motifs is 1. The van der Waals surface area contributed by atoms with Crippen LogP contribution in [-0.2, 0) is 11.3 Å². The van der Waals surface area contributed by atoms with Crippen LogP contribution in [0.15, 0.2) is 18.3 Å². The summed E-state index contributed by atoms with van der Waals surface area (Å²) in [7, 11) is 0. The minimum atomic E-state index is -1.04. The molecule has 3 heterocycles. The van der Waals surface area contributed by atoms with Crippen molar-refractivity contribution >= 4 is 17.2 Å². The van der Waals surface area contributed by atoms with E-state index in [0.717, 1.165) is 13.1 Å². The second kappa shape index (κ2) is 5.10. The van der Waals surface area contributed by atoms with Crippen molar-refractivity contribution in [1.29, 1.82) is 0 Å². The molecule has 0 atom stereocenters. The second-order valence-electron chi connectivity index (χ2n) is 4.79. The molecule has 3 rings (SSSR count). The van der Waals surface area contributed by atoms with Gasteiger partial charge in [0.25, 0.3) is 0 Å². The van der Waals surface area contributed by atoms with Crippen molar-refractivity contribution in [3.05, 3.63) is 29.8 Å². The molecule has 1 aliphatic heterocycles. The normalized spacial score (nSPS) is 16.6. The Labute approximate surface area is 115 Å². The summed E-state index contributed by atoms with van der Waals surface area (Å²) in [5.41, 5.74) is 6.82. The Morgan fingerprint density at radius 1 is 1.45 bits per heavy atom. The third-order valence-corrected chi connectivity index (χ3v) is 3.41. The lowest BCUT2D eigenvalue weighted by Crippen LogP contribution is -2.36. The number of morpholine rings is 1. The Morgan fingerprint density at radius 2 is 2.20 bits per heavy atom. The number of nitrogens with zero attached hydrogens (tertiary/aromatic N) is 3. The zero-order valence-electron chi connectivity index (χ0n) is 11.0. The molecule has 1 saturated heterocycles. The van der Waals surface area contributed by atoms with Crippen molar-refractivity contribution in [2.75, 3.05) is 32.0 Å². The van der Waals surface area contributed by atoms with Gasteiger partial charge in [0.2, 0.25) is 0 Å². The highest BCUT2D eigenvalue weighted by Crippen LogP contribution is 2.18. The van der Waals surface area contributed by atoms with E-state index in [2.05, 4.69) is 9.88 Å². The van der Waals surface area contributed by atoms with Gasteiger partial charge in [0, 0.05) is 25.0 Å². The Hall–Kier alpha value is -2.12. The van der Waals surface area contributed by atoms with Crippen LogP contribution >= 0.6 is 0 Å². The lowest BCUT2D eigenvalue weighted by molar-refractivity contribution is 0.0329. The van der Waals surface area contributed by atoms with E-state index < -0.39 is 5.97 Å². The quantitative estimate of drug-likeness (QED) is 0.845. The lowest BCUT2D eigenvalue weighted by atomic mass is 10.3. The molecule has 3 N–H and O–H groups in total. The van der Waals surface area contributed by atoms with E-state index in [1.54, 1.807) is 22.7 Å². The lowest BCUT2D eigenvalue weighted by Gasteiger charge is -2.25. The van der Waals surface area contributed by atoms with Crippen LogP contribution in [-0.4, -0.2) is 51.7 Å². The van der Waals surface area contributed by atoms with Crippen LogP contribution < -0.4 is 5.73 Å². The summed E-state index contributed by atoms with van der Waals surface area (Å²) >= 11 is 0. The molecule has 0 aromatic carbocycles. The zero-order valence-corrected chi connectivity index (χ0v) is 11.0. The second-order valence-corrected chi connectivity index (χ2v) is 4.79. The molecule has 0 radical (unpaired) electrons. The third kappa shape index (κ3) is 2.33. The molecule has 0 aliphatic carbocycles. The van der Waals surface area contributed by atoms with Gasteiger partial charge in [-0.15, -0.1) is 0 Å². The van der Waals surface area contributed by atoms with E-state index >= 15 is 0 Å². The van der Waals surface area contributed by atoms with Gasteiger partial charge in [-0.3, -0.25) is 4.90 Å². The summed E-state index contributed by atoms with van der Waals surface area (Å²) in [6.07, 6.45) is 1.76. The first-order valence-electron chi connectivity index (χ1n) is 6.45. The summed E-state index contributed by atoms with van der Waals surface area (Å²) in [6.45, 7) is 3.64. The fourth-order valence-corrected chi connectivity index (χ4v) is 2.39. The van der Waals surface area contributed by atoms with Gasteiger partial charge in [0.15, 0.2) is 5.69 Å². The maximum atomic E-state index is 11.3. The van der Waals surface area contributed by atoms with Crippen LogP contribution in [0, 0.1) is 0 Å². The first kappa shape index (κ1) is 12.9. The van der Waals surface area contributed by atoms with Crippen molar-refractivity contribution in [2.24, 2.45) is 0 Å². The molecule has 1 fully saturated rings. The summed E-state index contributed by atoms with van der Waals surface area (Å²) in [6, 6.07) is 3.38. The highest BCUT2D eigenvalue weighted by Gasteiger charge is 2.19. The smallest absolute Gasteiger partial charge is 0.356 e. The van der Waals surface area contributed by atoms with Gasteiger partial charge in [-0.25, -0.2) is 9.78 Å². The number of carbonyl (C=O) groups is 1. The van der Waals surface area contributed by atoms with Crippen LogP contribution in [0.4, 0.5) is 5.69 Å². The SMILES string of the molecule is Nc1ccn2c(CN3CCOCC3)nc(C(=O)O)c2c1. The van der Waals surface area contributed by atoms with Gasteiger partial charge in [-0.2, -0.15) is 0 Å². The minimum absolute atomic E-state index is 0.0422. The van der Waals surface area contributed by atoms with Crippen molar-refractivity contribution in [3.63, 3.8) is 0 Å². The summed E-state index contributed by atoms with van der Waals surface area (Å²) in [4.78, 5) is 17.7. The molecule has 2 aromatic rings. The van der Waals surface area contributed by atoms with Crippen LogP contribution in [0.2, 0.25) is 0 Å². The first-order chi connectivity index (χ1) is 9.65. The topological polar surface area (TPSA) is 93.1 Å². The van der Waals surface area contributed by atoms with Gasteiger partial charge in [-0.1, -0.05) is 0 Å². The first-order valence-corrected chi connectivity index (χ1v) is 6.45. The number of ether oxygens (including phenoxy) is 1. The maximum absolute atomic E-state index is 11.3. The maximum Gasteiger partial charge on any atom is 0.356 e. The average Bonchev–Trinajstić information content (AvgIpc) is 2.78. The van der Waals surface area contributed by atoms with Crippen LogP contribution in [0.3, 0.4) is 0 Å². The zero-order chi connectivity index (χ0) is 14.1. The van der Waals surface area contributed by atoms with Gasteiger partial charge in [0.1, 0.15) is 5.82 Å². The average molecular weight is 276 g/mol. The van der Waals surface area contributed by atoms with Gasteiger partial charge >= 0.3 is 5.97 Å². The van der Waals surface area contributed by atoms with E-state index in [1.165, 1.54) is 0 Å². The Balaban J connectivity index is 1.99. The van der Waals surface area contributed by atoms with Crippen molar-refractivity contribution in [2.45, 2.75) is 6.54 Å². The molecular weight excluding hydrogens is 260 g/mol. The van der Waals surface area contributed by atoms with E-state index in [0.29, 0.717) is 36.8 Å². The highest BCUT2D eigenvalue weighted by atomic mass is 16.5. The third-order valence-electron chi connectivity index (χ3n) is 3.41. The number of aromatic carboxylic acids is 1. The number of anilines is 1. The highest BCUT2D eigenvalue weighted by molar-refractivity contribution is 5.94. The van der Waals surface area contributed by atoms with E-state index in [-0.39, 0.29) is 5.69 Å². The van der Waals surface area contributed by atoms with Crippen LogP contribution in [0.1, 0.15) is 16.3 Å². The number of carboxylic acids is 1. The van der Waals surface area contributed by atoms with Gasteiger partial charge in [0.05, 0.1) is 25.3 Å². The predicted molar refractivity (Wildman–Crippen MR) is 72.7 cm³/mol. The number of nitrogen functional groups attached to an aromatic ring is 1. The minimum Gasteiger partial charge on any atom is -0.476 e. The molecule has 0 unspecified atom stereocenters. The molecule has 0 spiro atoms. The molecule has 0 amide bonds. The molecular formula is C13H16N4O3. The molecule has 7 nitrogen and oxygen atoms in total. The molecule has 0 bridgehead atoms. The Morgan fingerprint density at radius 3 is 2.90 bits per heavy atom. The molecule has 7 heteroatoms. The summed E-state index contributed by atoms with van der Waals surface area (Å²) < 4.78 is 7.09. The molecule has 2 aromatic heterocycles. The van der Waals surface area contributed by atoms with E-state index in [4.69, 9.17) is 10.5 Å². The number of imidazole rings is 1. The number of pyridine rings is 1. The fourth-order valence-electron chi connectivity index (χ4n) is 2.39. The number of hydrogen-bond donors (Lipinski definition) is 2. The van der Waals surface area contributed by atoms with E-state index in [9.17, 15) is 9.90 Å². The molecule has 1 aliphatic rings. The van der Waals surface area contributed by atoms with Crippen molar-refractivity contribution in [3.8, 4) is 0 Å². The Kier molecular flexibility index (Phi) is 3.29. The monoisotopic (exact) mass is 276 g/mol. The van der Waals surface area contributed by atoms with Crippen molar-refractivity contribution < 1.29 is 14.6 Å². The van der Waals surface area contributed by atoms with Crippen LogP contribution in [0.25, 0.3) is 5.52 Å². The fraction of sp³-hybridized carbons (Fsp3) is 0.385. The Bertz CT molecular complexity index is 646. The summed E-state index contributed by atoms with van der Waals surface area (Å²) in [5, 5.41) is 9.24. The van der Waals surface area contributed by atoms with Gasteiger partial charge < -0.3 is 20.0 Å². The van der Waals surface area contributed by atoms with Gasteiger partial charge in [-0.05, 0) is 12.1 Å². The largest absolute Gasteiger partial charge is 0.476 e. The molecule has 20 heavy (non-hydrogen) atoms. The number of carboxylic acid groups (broad SMARTS) is 1. The standard InChI is InChI=1S/C13H16N4O3/c14-9-1-2-17-10(7-9)12(13(18)19)15-11(17)8-16-3-5-20-6-4-16/h1-2,7H,3-6,8,14H2,(H,18,19). The number of aromatic nitrogens is 2. The summed E-state index contributed by atoms with van der Waals surface area (Å²) in [5.74, 6) is -0.333. The number of nitrogens with two attached hydrogens (primary N) is 1.